The third kappa shape index (κ3) is 3.77. The highest BCUT2D eigenvalue weighted by Crippen LogP contribution is 2.16. The van der Waals surface area contributed by atoms with E-state index in [1.807, 2.05) is 12.1 Å². The number of halogens is 1. The highest BCUT2D eigenvalue weighted by atomic mass is 19.1. The lowest BCUT2D eigenvalue weighted by Crippen LogP contribution is -2.01. The maximum atomic E-state index is 13.3. The van der Waals surface area contributed by atoms with Crippen molar-refractivity contribution in [1.82, 2.24) is 0 Å². The Morgan fingerprint density at radius 1 is 1.05 bits per heavy atom. The molecule has 0 bridgehead atoms. The van der Waals surface area contributed by atoms with Crippen molar-refractivity contribution in [1.29, 1.82) is 0 Å². The van der Waals surface area contributed by atoms with Crippen LogP contribution in [0.2, 0.25) is 0 Å². The molecular weight excluding hydrogens is 245 g/mol. The monoisotopic (exact) mass is 261 g/mol. The fraction of sp³-hybridized carbons (Fsp3) is 0.200. The molecule has 0 amide bonds. The van der Waals surface area contributed by atoms with Crippen molar-refractivity contribution in [3.8, 4) is 5.75 Å². The first-order valence-corrected chi connectivity index (χ1v) is 6.02. The Morgan fingerprint density at radius 2 is 1.84 bits per heavy atom. The van der Waals surface area contributed by atoms with Crippen molar-refractivity contribution in [2.45, 2.75) is 19.8 Å². The van der Waals surface area contributed by atoms with E-state index in [4.69, 9.17) is 15.6 Å². The third-order valence-corrected chi connectivity index (χ3v) is 2.74. The van der Waals surface area contributed by atoms with Gasteiger partial charge >= 0.3 is 0 Å². The summed E-state index contributed by atoms with van der Waals surface area (Å²) in [6.45, 7) is 0.527. The lowest BCUT2D eigenvalue weighted by molar-refractivity contribution is 0.278. The summed E-state index contributed by atoms with van der Waals surface area (Å²) >= 11 is 0. The molecule has 2 rings (SSSR count). The Kier molecular flexibility index (Phi) is 4.49. The summed E-state index contributed by atoms with van der Waals surface area (Å²) in [6.07, 6.45) is 0. The van der Waals surface area contributed by atoms with Gasteiger partial charge < -0.3 is 15.6 Å². The lowest BCUT2D eigenvalue weighted by Gasteiger charge is -2.09. The minimum absolute atomic E-state index is 0.0332. The van der Waals surface area contributed by atoms with Gasteiger partial charge in [-0.25, -0.2) is 4.39 Å². The van der Waals surface area contributed by atoms with E-state index in [9.17, 15) is 4.39 Å². The Hall–Kier alpha value is -1.91. The molecule has 0 aliphatic carbocycles. The van der Waals surface area contributed by atoms with Crippen molar-refractivity contribution in [3.05, 3.63) is 65.0 Å². The highest BCUT2D eigenvalue weighted by Gasteiger charge is 2.02. The van der Waals surface area contributed by atoms with Crippen LogP contribution in [0.1, 0.15) is 16.7 Å². The van der Waals surface area contributed by atoms with E-state index in [0.717, 1.165) is 16.7 Å². The van der Waals surface area contributed by atoms with Gasteiger partial charge in [0.25, 0.3) is 0 Å². The maximum Gasteiger partial charge on any atom is 0.123 e. The molecule has 0 aromatic heterocycles. The summed E-state index contributed by atoms with van der Waals surface area (Å²) in [7, 11) is 0. The molecule has 0 aliphatic heterocycles. The van der Waals surface area contributed by atoms with E-state index in [-0.39, 0.29) is 19.0 Å². The molecule has 0 atom stereocenters. The van der Waals surface area contributed by atoms with Gasteiger partial charge in [0.05, 0.1) is 6.61 Å². The first kappa shape index (κ1) is 13.5. The van der Waals surface area contributed by atoms with Crippen LogP contribution in [-0.4, -0.2) is 5.11 Å². The summed E-state index contributed by atoms with van der Waals surface area (Å²) in [5.74, 6) is 0.329. The lowest BCUT2D eigenvalue weighted by atomic mass is 10.1. The summed E-state index contributed by atoms with van der Waals surface area (Å²) in [5.41, 5.74) is 7.74. The molecule has 0 aliphatic rings. The molecule has 0 saturated carbocycles. The van der Waals surface area contributed by atoms with Crippen LogP contribution in [0.5, 0.6) is 5.75 Å². The SMILES string of the molecule is NCc1cc(F)cc(COc2cccc(CO)c2)c1. The number of aliphatic hydroxyl groups excluding tert-OH is 1. The van der Waals surface area contributed by atoms with Gasteiger partial charge in [-0.2, -0.15) is 0 Å². The number of hydrogen-bond acceptors (Lipinski definition) is 3. The molecule has 0 heterocycles. The zero-order valence-electron chi connectivity index (χ0n) is 10.5. The molecule has 3 N–H and O–H groups in total. The summed E-state index contributed by atoms with van der Waals surface area (Å²) in [6, 6.07) is 11.8. The average Bonchev–Trinajstić information content (AvgIpc) is 2.44. The number of rotatable bonds is 5. The van der Waals surface area contributed by atoms with Gasteiger partial charge in [-0.1, -0.05) is 18.2 Å². The summed E-state index contributed by atoms with van der Waals surface area (Å²) < 4.78 is 18.9. The zero-order chi connectivity index (χ0) is 13.7. The fourth-order valence-electron chi connectivity index (χ4n) is 1.82. The van der Waals surface area contributed by atoms with Crippen LogP contribution in [0, 0.1) is 5.82 Å². The molecular formula is C15H16FNO2. The van der Waals surface area contributed by atoms with Gasteiger partial charge in [-0.3, -0.25) is 0 Å². The molecule has 2 aromatic carbocycles. The van der Waals surface area contributed by atoms with E-state index >= 15 is 0 Å². The summed E-state index contributed by atoms with van der Waals surface area (Å²) in [5, 5.41) is 9.03. The van der Waals surface area contributed by atoms with Crippen molar-refractivity contribution >= 4 is 0 Å². The van der Waals surface area contributed by atoms with Crippen LogP contribution in [-0.2, 0) is 19.8 Å². The van der Waals surface area contributed by atoms with Crippen molar-refractivity contribution < 1.29 is 14.2 Å². The quantitative estimate of drug-likeness (QED) is 0.868. The second-order valence-corrected chi connectivity index (χ2v) is 4.27. The number of aliphatic hydroxyl groups is 1. The van der Waals surface area contributed by atoms with Gasteiger partial charge in [-0.15, -0.1) is 0 Å². The van der Waals surface area contributed by atoms with Crippen LogP contribution in [0.15, 0.2) is 42.5 Å². The molecule has 4 heteroatoms. The normalized spacial score (nSPS) is 10.5. The first-order valence-electron chi connectivity index (χ1n) is 6.02. The first-order chi connectivity index (χ1) is 9.21. The Bertz CT molecular complexity index is 558. The zero-order valence-corrected chi connectivity index (χ0v) is 10.5. The van der Waals surface area contributed by atoms with E-state index in [2.05, 4.69) is 0 Å². The predicted molar refractivity (Wildman–Crippen MR) is 71.0 cm³/mol. The summed E-state index contributed by atoms with van der Waals surface area (Å²) in [4.78, 5) is 0. The standard InChI is InChI=1S/C15H16FNO2/c16-14-5-12(8-17)4-13(6-14)10-19-15-3-1-2-11(7-15)9-18/h1-7,18H,8-10,17H2. The van der Waals surface area contributed by atoms with E-state index in [0.29, 0.717) is 12.3 Å². The van der Waals surface area contributed by atoms with Crippen molar-refractivity contribution in [3.63, 3.8) is 0 Å². The number of benzene rings is 2. The van der Waals surface area contributed by atoms with Gasteiger partial charge in [0.2, 0.25) is 0 Å². The number of hydrogen-bond donors (Lipinski definition) is 2. The van der Waals surface area contributed by atoms with E-state index in [1.165, 1.54) is 12.1 Å². The Balaban J connectivity index is 2.07. The molecule has 0 fully saturated rings. The van der Waals surface area contributed by atoms with Crippen LogP contribution in [0.25, 0.3) is 0 Å². The van der Waals surface area contributed by atoms with Crippen molar-refractivity contribution in [2.75, 3.05) is 0 Å². The average molecular weight is 261 g/mol. The fourth-order valence-corrected chi connectivity index (χ4v) is 1.82. The minimum atomic E-state index is -0.314. The van der Waals surface area contributed by atoms with Crippen molar-refractivity contribution in [2.24, 2.45) is 5.73 Å². The number of ether oxygens (including phenoxy) is 1. The van der Waals surface area contributed by atoms with Gasteiger partial charge in [0.1, 0.15) is 18.2 Å². The minimum Gasteiger partial charge on any atom is -0.489 e. The predicted octanol–water partition coefficient (Wildman–Crippen LogP) is 2.36. The molecule has 0 saturated heterocycles. The molecule has 0 radical (unpaired) electrons. The highest BCUT2D eigenvalue weighted by molar-refractivity contribution is 5.29. The topological polar surface area (TPSA) is 55.5 Å². The third-order valence-electron chi connectivity index (χ3n) is 2.74. The Labute approximate surface area is 111 Å². The van der Waals surface area contributed by atoms with Gasteiger partial charge in [0.15, 0.2) is 0 Å². The molecule has 0 unspecified atom stereocenters. The van der Waals surface area contributed by atoms with Crippen LogP contribution in [0.3, 0.4) is 0 Å². The largest absolute Gasteiger partial charge is 0.489 e. The number of nitrogens with two attached hydrogens (primary N) is 1. The molecule has 100 valence electrons. The molecule has 0 spiro atoms. The van der Waals surface area contributed by atoms with E-state index < -0.39 is 0 Å². The molecule has 19 heavy (non-hydrogen) atoms. The van der Waals surface area contributed by atoms with Gasteiger partial charge in [-0.05, 0) is 41.0 Å². The second kappa shape index (κ2) is 6.31. The van der Waals surface area contributed by atoms with E-state index in [1.54, 1.807) is 18.2 Å². The maximum absolute atomic E-state index is 13.3. The smallest absolute Gasteiger partial charge is 0.123 e. The Morgan fingerprint density at radius 3 is 2.58 bits per heavy atom. The molecule has 3 nitrogen and oxygen atoms in total. The van der Waals surface area contributed by atoms with Crippen LogP contribution in [0.4, 0.5) is 4.39 Å². The molecule has 2 aromatic rings. The van der Waals surface area contributed by atoms with Crippen LogP contribution >= 0.6 is 0 Å². The second-order valence-electron chi connectivity index (χ2n) is 4.27. The van der Waals surface area contributed by atoms with Crippen LogP contribution < -0.4 is 10.5 Å². The van der Waals surface area contributed by atoms with Gasteiger partial charge in [0, 0.05) is 6.54 Å².